The Morgan fingerprint density at radius 3 is 2.23 bits per heavy atom. The molecule has 3 heterocycles. The van der Waals surface area contributed by atoms with Crippen LogP contribution in [0.4, 0.5) is 5.69 Å². The highest BCUT2D eigenvalue weighted by Gasteiger charge is 2.28. The molecule has 162 valence electrons. The first-order valence-corrected chi connectivity index (χ1v) is 12.4. The molecule has 6 nitrogen and oxygen atoms in total. The van der Waals surface area contributed by atoms with Gasteiger partial charge in [-0.1, -0.05) is 24.4 Å². The van der Waals surface area contributed by atoms with Crippen molar-refractivity contribution in [3.63, 3.8) is 0 Å². The van der Waals surface area contributed by atoms with Crippen LogP contribution in [0, 0.1) is 0 Å². The fourth-order valence-corrected chi connectivity index (χ4v) is 5.81. The molecule has 0 N–H and O–H groups in total. The smallest absolute Gasteiger partial charge is 0.210 e. The van der Waals surface area contributed by atoms with Crippen LogP contribution in [0.3, 0.4) is 0 Å². The lowest BCUT2D eigenvalue weighted by Crippen LogP contribution is -2.26. The third-order valence-electron chi connectivity index (χ3n) is 5.81. The maximum Gasteiger partial charge on any atom is 0.210 e. The van der Waals surface area contributed by atoms with Crippen molar-refractivity contribution >= 4 is 38.0 Å². The highest BCUT2D eigenvalue weighted by Crippen LogP contribution is 2.42. The van der Waals surface area contributed by atoms with Crippen molar-refractivity contribution in [3.8, 4) is 11.5 Å². The number of ether oxygens (including phenoxy) is 2. The van der Waals surface area contributed by atoms with Crippen molar-refractivity contribution < 1.29 is 17.9 Å². The van der Waals surface area contributed by atoms with Crippen molar-refractivity contribution in [1.29, 1.82) is 0 Å². The van der Waals surface area contributed by atoms with Crippen LogP contribution in [0.2, 0.25) is 5.02 Å². The fraction of sp³-hybridized carbons (Fsp3) is 0.348. The van der Waals surface area contributed by atoms with E-state index in [1.807, 2.05) is 12.1 Å². The summed E-state index contributed by atoms with van der Waals surface area (Å²) in [5.74, 6) is 1.26. The van der Waals surface area contributed by atoms with Crippen LogP contribution in [0.15, 0.2) is 52.4 Å². The topological polar surface area (TPSA) is 68.7 Å². The van der Waals surface area contributed by atoms with Gasteiger partial charge in [0.25, 0.3) is 0 Å². The Morgan fingerprint density at radius 1 is 0.903 bits per heavy atom. The van der Waals surface area contributed by atoms with Gasteiger partial charge in [0, 0.05) is 35.8 Å². The molecule has 1 saturated heterocycles. The van der Waals surface area contributed by atoms with E-state index in [4.69, 9.17) is 21.1 Å². The van der Waals surface area contributed by atoms with Crippen molar-refractivity contribution in [2.45, 2.75) is 35.5 Å². The van der Waals surface area contributed by atoms with Crippen LogP contribution in [0.1, 0.15) is 25.7 Å². The number of hydrogen-bond acceptors (Lipinski definition) is 6. The summed E-state index contributed by atoms with van der Waals surface area (Å²) < 4.78 is 38.8. The summed E-state index contributed by atoms with van der Waals surface area (Å²) in [6.07, 6.45) is 5.81. The summed E-state index contributed by atoms with van der Waals surface area (Å²) in [7, 11) is -3.80. The standard InChI is InChI=1S/C23H23ClN2O4S/c24-16-5-7-17(8-6-16)31(27,28)22-15-25-19-14-21-20(29-11-12-30-21)13-18(19)23(22)26-9-3-1-2-4-10-26/h5-8,13-15H,1-4,9-12H2. The molecule has 0 radical (unpaired) electrons. The van der Waals surface area contributed by atoms with Gasteiger partial charge in [0.1, 0.15) is 18.1 Å². The largest absolute Gasteiger partial charge is 0.486 e. The Bertz CT molecular complexity index is 1220. The van der Waals surface area contributed by atoms with Gasteiger partial charge in [-0.05, 0) is 43.2 Å². The number of halogens is 1. The van der Waals surface area contributed by atoms with Gasteiger partial charge in [-0.3, -0.25) is 4.98 Å². The molecule has 3 aromatic rings. The number of anilines is 1. The van der Waals surface area contributed by atoms with Gasteiger partial charge in [0.2, 0.25) is 9.84 Å². The molecule has 1 aromatic heterocycles. The van der Waals surface area contributed by atoms with Gasteiger partial charge in [0.15, 0.2) is 11.5 Å². The Balaban J connectivity index is 1.75. The van der Waals surface area contributed by atoms with E-state index in [-0.39, 0.29) is 9.79 Å². The molecule has 0 unspecified atom stereocenters. The van der Waals surface area contributed by atoms with Gasteiger partial charge in [0.05, 0.1) is 16.1 Å². The second kappa shape index (κ2) is 8.20. The minimum atomic E-state index is -3.80. The fourth-order valence-electron chi connectivity index (χ4n) is 4.25. The molecule has 2 aliphatic rings. The van der Waals surface area contributed by atoms with E-state index in [0.717, 1.165) is 44.2 Å². The second-order valence-electron chi connectivity index (χ2n) is 7.84. The van der Waals surface area contributed by atoms with Crippen LogP contribution in [0.5, 0.6) is 11.5 Å². The Morgan fingerprint density at radius 2 is 1.55 bits per heavy atom. The zero-order valence-corrected chi connectivity index (χ0v) is 18.6. The molecule has 0 spiro atoms. The van der Waals surface area contributed by atoms with Crippen LogP contribution < -0.4 is 14.4 Å². The van der Waals surface area contributed by atoms with Crippen molar-refractivity contribution in [2.24, 2.45) is 0 Å². The molecule has 0 bridgehead atoms. The van der Waals surface area contributed by atoms with Crippen LogP contribution in [0.25, 0.3) is 10.9 Å². The van der Waals surface area contributed by atoms with E-state index >= 15 is 0 Å². The monoisotopic (exact) mass is 458 g/mol. The molecule has 0 amide bonds. The zero-order valence-electron chi connectivity index (χ0n) is 17.0. The van der Waals surface area contributed by atoms with E-state index in [2.05, 4.69) is 9.88 Å². The molecular weight excluding hydrogens is 436 g/mol. The number of fused-ring (bicyclic) bond motifs is 2. The first kappa shape index (κ1) is 20.4. The Kier molecular flexibility index (Phi) is 5.40. The van der Waals surface area contributed by atoms with E-state index in [1.54, 1.807) is 12.1 Å². The Labute approximate surface area is 186 Å². The van der Waals surface area contributed by atoms with Gasteiger partial charge < -0.3 is 14.4 Å². The van der Waals surface area contributed by atoms with Crippen LogP contribution >= 0.6 is 11.6 Å². The summed E-state index contributed by atoms with van der Waals surface area (Å²) in [6, 6.07) is 9.98. The maximum absolute atomic E-state index is 13.7. The number of rotatable bonds is 3. The lowest BCUT2D eigenvalue weighted by Gasteiger charge is -2.27. The summed E-state index contributed by atoms with van der Waals surface area (Å²) in [4.78, 5) is 7.11. The number of pyridine rings is 1. The van der Waals surface area contributed by atoms with Crippen molar-refractivity contribution in [3.05, 3.63) is 47.6 Å². The van der Waals surface area contributed by atoms with E-state index < -0.39 is 9.84 Å². The van der Waals surface area contributed by atoms with Gasteiger partial charge in [-0.15, -0.1) is 0 Å². The average Bonchev–Trinajstić information content (AvgIpc) is 3.06. The van der Waals surface area contributed by atoms with Gasteiger partial charge in [-0.25, -0.2) is 8.42 Å². The predicted octanol–water partition coefficient (Wildman–Crippen LogP) is 4.87. The molecular formula is C23H23ClN2O4S. The first-order chi connectivity index (χ1) is 15.0. The molecule has 0 aliphatic carbocycles. The molecule has 2 aromatic carbocycles. The predicted molar refractivity (Wildman–Crippen MR) is 120 cm³/mol. The maximum atomic E-state index is 13.7. The highest BCUT2D eigenvalue weighted by atomic mass is 35.5. The molecule has 5 rings (SSSR count). The minimum absolute atomic E-state index is 0.201. The highest BCUT2D eigenvalue weighted by molar-refractivity contribution is 7.91. The van der Waals surface area contributed by atoms with Crippen molar-refractivity contribution in [1.82, 2.24) is 4.98 Å². The molecule has 0 saturated carbocycles. The first-order valence-electron chi connectivity index (χ1n) is 10.5. The summed E-state index contributed by atoms with van der Waals surface area (Å²) in [6.45, 7) is 2.56. The normalized spacial score (nSPS) is 16.9. The molecule has 1 fully saturated rings. The average molecular weight is 459 g/mol. The number of nitrogens with zero attached hydrogens (tertiary/aromatic N) is 2. The van der Waals surface area contributed by atoms with Gasteiger partial charge in [-0.2, -0.15) is 0 Å². The number of aromatic nitrogens is 1. The van der Waals surface area contributed by atoms with E-state index in [0.29, 0.717) is 40.9 Å². The third-order valence-corrected chi connectivity index (χ3v) is 7.83. The minimum Gasteiger partial charge on any atom is -0.486 e. The van der Waals surface area contributed by atoms with Crippen LogP contribution in [-0.2, 0) is 9.84 Å². The quantitative estimate of drug-likeness (QED) is 0.557. The van der Waals surface area contributed by atoms with E-state index in [9.17, 15) is 8.42 Å². The van der Waals surface area contributed by atoms with Gasteiger partial charge >= 0.3 is 0 Å². The summed E-state index contributed by atoms with van der Waals surface area (Å²) in [5.41, 5.74) is 1.39. The molecule has 0 atom stereocenters. The number of benzene rings is 2. The number of sulfone groups is 1. The summed E-state index contributed by atoms with van der Waals surface area (Å²) >= 11 is 5.98. The molecule has 8 heteroatoms. The lowest BCUT2D eigenvalue weighted by molar-refractivity contribution is 0.172. The zero-order chi connectivity index (χ0) is 21.4. The van der Waals surface area contributed by atoms with Crippen molar-refractivity contribution in [2.75, 3.05) is 31.2 Å². The van der Waals surface area contributed by atoms with E-state index in [1.165, 1.54) is 18.3 Å². The summed E-state index contributed by atoms with van der Waals surface area (Å²) in [5, 5.41) is 1.26. The second-order valence-corrected chi connectivity index (χ2v) is 10.2. The molecule has 31 heavy (non-hydrogen) atoms. The third kappa shape index (κ3) is 3.81. The van der Waals surface area contributed by atoms with Crippen LogP contribution in [-0.4, -0.2) is 39.7 Å². The Hall–Kier alpha value is -2.51. The number of hydrogen-bond donors (Lipinski definition) is 0. The molecule has 2 aliphatic heterocycles. The SMILES string of the molecule is O=S(=O)(c1ccc(Cl)cc1)c1cnc2cc3c(cc2c1N1CCCCCC1)OCCO3. The lowest BCUT2D eigenvalue weighted by atomic mass is 10.1.